The lowest BCUT2D eigenvalue weighted by Crippen LogP contribution is -1.82. The van der Waals surface area contributed by atoms with Gasteiger partial charge in [-0.3, -0.25) is 0 Å². The highest BCUT2D eigenvalue weighted by molar-refractivity contribution is 4.98. The molecule has 0 aromatic carbocycles. The van der Waals surface area contributed by atoms with Crippen molar-refractivity contribution in [3.05, 3.63) is 0 Å². The summed E-state index contributed by atoms with van der Waals surface area (Å²) < 4.78 is 0. The third-order valence-corrected chi connectivity index (χ3v) is 3.94. The van der Waals surface area contributed by atoms with Crippen molar-refractivity contribution in [2.45, 2.75) is 117 Å². The largest absolute Gasteiger partial charge is 0.103 e. The van der Waals surface area contributed by atoms with Crippen molar-refractivity contribution in [3.63, 3.8) is 0 Å². The van der Waals surface area contributed by atoms with Gasteiger partial charge in [-0.15, -0.1) is 11.8 Å². The summed E-state index contributed by atoms with van der Waals surface area (Å²) >= 11 is 0. The Labute approximate surface area is 129 Å². The number of hydrogen-bond acceptors (Lipinski definition) is 0. The highest BCUT2D eigenvalue weighted by atomic mass is 14.0. The van der Waals surface area contributed by atoms with Gasteiger partial charge in [0.05, 0.1) is 0 Å². The molecule has 0 spiro atoms. The molecule has 0 rings (SSSR count). The lowest BCUT2D eigenvalue weighted by Gasteiger charge is -2.01. The number of rotatable bonds is 14. The van der Waals surface area contributed by atoms with Gasteiger partial charge >= 0.3 is 0 Å². The molecule has 0 fully saturated rings. The molecule has 0 nitrogen and oxygen atoms in total. The Hall–Kier alpha value is -0.440. The van der Waals surface area contributed by atoms with Gasteiger partial charge in [-0.25, -0.2) is 0 Å². The zero-order valence-corrected chi connectivity index (χ0v) is 14.3. The van der Waals surface area contributed by atoms with Gasteiger partial charge in [0.2, 0.25) is 0 Å². The molecule has 0 heteroatoms. The van der Waals surface area contributed by atoms with Crippen LogP contribution in [0.4, 0.5) is 0 Å². The van der Waals surface area contributed by atoms with Crippen molar-refractivity contribution in [1.29, 1.82) is 0 Å². The van der Waals surface area contributed by atoms with Gasteiger partial charge < -0.3 is 0 Å². The van der Waals surface area contributed by atoms with Gasteiger partial charge in [0.15, 0.2) is 0 Å². The number of hydrogen-bond donors (Lipinski definition) is 0. The Balaban J connectivity index is 3.02. The van der Waals surface area contributed by atoms with Crippen molar-refractivity contribution in [2.24, 2.45) is 0 Å². The molecular formula is C20H38. The highest BCUT2D eigenvalue weighted by Gasteiger charge is 1.92. The number of unbranched alkanes of at least 4 members (excludes halogenated alkanes) is 14. The lowest BCUT2D eigenvalue weighted by atomic mass is 10.1. The molecule has 0 aliphatic heterocycles. The summed E-state index contributed by atoms with van der Waals surface area (Å²) in [6.45, 7) is 4.54. The maximum Gasteiger partial charge on any atom is 0.00886 e. The van der Waals surface area contributed by atoms with Crippen molar-refractivity contribution >= 4 is 0 Å². The minimum atomic E-state index is 1.12. The van der Waals surface area contributed by atoms with Crippen LogP contribution >= 0.6 is 0 Å². The van der Waals surface area contributed by atoms with Crippen LogP contribution in [0, 0.1) is 11.8 Å². The molecule has 0 aliphatic rings. The molecule has 118 valence electrons. The first-order valence-corrected chi connectivity index (χ1v) is 9.37. The van der Waals surface area contributed by atoms with Crippen molar-refractivity contribution in [1.82, 2.24) is 0 Å². The van der Waals surface area contributed by atoms with Gasteiger partial charge in [0.25, 0.3) is 0 Å². The molecule has 0 heterocycles. The summed E-state index contributed by atoms with van der Waals surface area (Å²) in [5.74, 6) is 6.63. The SMILES string of the molecule is CCCCCC#CCCCCCCCCCCCCC. The summed E-state index contributed by atoms with van der Waals surface area (Å²) in [6, 6.07) is 0. The van der Waals surface area contributed by atoms with Gasteiger partial charge in [-0.1, -0.05) is 90.9 Å². The zero-order chi connectivity index (χ0) is 14.7. The summed E-state index contributed by atoms with van der Waals surface area (Å²) in [5, 5.41) is 0. The van der Waals surface area contributed by atoms with E-state index in [0.717, 1.165) is 12.8 Å². The first kappa shape index (κ1) is 19.6. The predicted octanol–water partition coefficient (Wildman–Crippen LogP) is 7.27. The van der Waals surface area contributed by atoms with E-state index in [1.807, 2.05) is 0 Å². The molecular weight excluding hydrogens is 240 g/mol. The molecule has 0 saturated carbocycles. The monoisotopic (exact) mass is 278 g/mol. The van der Waals surface area contributed by atoms with Crippen LogP contribution in [0.25, 0.3) is 0 Å². The van der Waals surface area contributed by atoms with E-state index in [1.54, 1.807) is 0 Å². The highest BCUT2D eigenvalue weighted by Crippen LogP contribution is 2.11. The smallest absolute Gasteiger partial charge is 0.00886 e. The van der Waals surface area contributed by atoms with Crippen LogP contribution in [0.5, 0.6) is 0 Å². The van der Waals surface area contributed by atoms with Crippen LogP contribution < -0.4 is 0 Å². The Morgan fingerprint density at radius 2 is 0.700 bits per heavy atom. The van der Waals surface area contributed by atoms with Crippen molar-refractivity contribution < 1.29 is 0 Å². The molecule has 0 bridgehead atoms. The topological polar surface area (TPSA) is 0 Å². The predicted molar refractivity (Wildman–Crippen MR) is 93.0 cm³/mol. The Morgan fingerprint density at radius 3 is 1.15 bits per heavy atom. The van der Waals surface area contributed by atoms with Gasteiger partial charge in [0, 0.05) is 12.8 Å². The minimum absolute atomic E-state index is 1.12. The summed E-state index contributed by atoms with van der Waals surface area (Å²) in [4.78, 5) is 0. The molecule has 0 atom stereocenters. The second kappa shape index (κ2) is 18.6. The van der Waals surface area contributed by atoms with Crippen molar-refractivity contribution in [2.75, 3.05) is 0 Å². The summed E-state index contributed by atoms with van der Waals surface area (Å²) in [6.07, 6.45) is 21.8. The van der Waals surface area contributed by atoms with Crippen LogP contribution in [0.1, 0.15) is 117 Å². The summed E-state index contributed by atoms with van der Waals surface area (Å²) in [7, 11) is 0. The quantitative estimate of drug-likeness (QED) is 0.231. The molecule has 20 heavy (non-hydrogen) atoms. The average Bonchev–Trinajstić information content (AvgIpc) is 2.47. The fraction of sp³-hybridized carbons (Fsp3) is 0.900. The van der Waals surface area contributed by atoms with E-state index in [4.69, 9.17) is 0 Å². The van der Waals surface area contributed by atoms with Gasteiger partial charge in [0.1, 0.15) is 0 Å². The third-order valence-electron chi connectivity index (χ3n) is 3.94. The molecule has 0 unspecified atom stereocenters. The van der Waals surface area contributed by atoms with Crippen LogP contribution in [0.3, 0.4) is 0 Å². The Morgan fingerprint density at radius 1 is 0.400 bits per heavy atom. The zero-order valence-electron chi connectivity index (χ0n) is 14.3. The first-order valence-electron chi connectivity index (χ1n) is 9.37. The van der Waals surface area contributed by atoms with E-state index >= 15 is 0 Å². The standard InChI is InChI=1S/C20H38/c1-3-5-7-9-11-13-15-17-19-20-18-16-14-12-10-8-6-4-2/h3-11,13,15-20H2,1-2H3. The molecule has 0 amide bonds. The fourth-order valence-electron chi connectivity index (χ4n) is 2.52. The van der Waals surface area contributed by atoms with E-state index in [-0.39, 0.29) is 0 Å². The Kier molecular flexibility index (Phi) is 18.2. The van der Waals surface area contributed by atoms with E-state index in [2.05, 4.69) is 25.7 Å². The van der Waals surface area contributed by atoms with Crippen LogP contribution in [0.2, 0.25) is 0 Å². The Bertz CT molecular complexity index is 218. The molecule has 0 radical (unpaired) electrons. The average molecular weight is 279 g/mol. The second-order valence-corrected chi connectivity index (χ2v) is 6.10. The van der Waals surface area contributed by atoms with Crippen LogP contribution in [0.15, 0.2) is 0 Å². The normalized spacial score (nSPS) is 10.3. The second-order valence-electron chi connectivity index (χ2n) is 6.10. The third kappa shape index (κ3) is 17.6. The maximum absolute atomic E-state index is 3.33. The summed E-state index contributed by atoms with van der Waals surface area (Å²) in [5.41, 5.74) is 0. The van der Waals surface area contributed by atoms with Crippen LogP contribution in [-0.2, 0) is 0 Å². The molecule has 0 aromatic heterocycles. The lowest BCUT2D eigenvalue weighted by molar-refractivity contribution is 0.551. The van der Waals surface area contributed by atoms with E-state index in [1.165, 1.54) is 89.9 Å². The van der Waals surface area contributed by atoms with Gasteiger partial charge in [-0.05, 0) is 12.8 Å². The molecule has 0 saturated heterocycles. The van der Waals surface area contributed by atoms with E-state index in [9.17, 15) is 0 Å². The first-order chi connectivity index (χ1) is 9.91. The van der Waals surface area contributed by atoms with E-state index < -0.39 is 0 Å². The molecule has 0 N–H and O–H groups in total. The van der Waals surface area contributed by atoms with Gasteiger partial charge in [-0.2, -0.15) is 0 Å². The molecule has 0 aliphatic carbocycles. The molecule has 0 aromatic rings. The van der Waals surface area contributed by atoms with Crippen molar-refractivity contribution in [3.8, 4) is 11.8 Å². The maximum atomic E-state index is 3.33. The van der Waals surface area contributed by atoms with Crippen LogP contribution in [-0.4, -0.2) is 0 Å². The minimum Gasteiger partial charge on any atom is -0.103 e. The van der Waals surface area contributed by atoms with E-state index in [0.29, 0.717) is 0 Å². The fourth-order valence-corrected chi connectivity index (χ4v) is 2.52.